The van der Waals surface area contributed by atoms with Gasteiger partial charge in [-0.15, -0.1) is 0 Å². The first kappa shape index (κ1) is 20.8. The number of nitriles is 1. The zero-order valence-electron chi connectivity index (χ0n) is 17.3. The molecular weight excluding hydrogens is 402 g/mol. The van der Waals surface area contributed by atoms with Gasteiger partial charge in [-0.2, -0.15) is 5.26 Å². The Hall–Kier alpha value is -4.44. The fourth-order valence-corrected chi connectivity index (χ4v) is 3.39. The predicted molar refractivity (Wildman–Crippen MR) is 122 cm³/mol. The number of hydrogen-bond donors (Lipinski definition) is 1. The van der Waals surface area contributed by atoms with Crippen molar-refractivity contribution in [1.29, 1.82) is 5.26 Å². The number of aromatic nitrogens is 2. The number of nitrogens with one attached hydrogen (secondary N) is 1. The molecule has 7 nitrogen and oxygen atoms in total. The number of rotatable bonds is 9. The van der Waals surface area contributed by atoms with E-state index in [1.165, 1.54) is 0 Å². The van der Waals surface area contributed by atoms with Crippen LogP contribution in [0.15, 0.2) is 83.7 Å². The lowest BCUT2D eigenvalue weighted by atomic mass is 10.0. The Kier molecular flexibility index (Phi) is 6.54. The van der Waals surface area contributed by atoms with E-state index >= 15 is 0 Å². The van der Waals surface area contributed by atoms with E-state index in [1.807, 2.05) is 54.6 Å². The minimum absolute atomic E-state index is 0.361. The number of benzene rings is 1. The monoisotopic (exact) mass is 423 g/mol. The van der Waals surface area contributed by atoms with Gasteiger partial charge in [-0.1, -0.05) is 24.3 Å². The molecule has 0 spiro atoms. The quantitative estimate of drug-likeness (QED) is 0.400. The van der Waals surface area contributed by atoms with Crippen molar-refractivity contribution >= 4 is 17.9 Å². The second-order valence-electron chi connectivity index (χ2n) is 7.07. The number of carbonyl (C=O) groups is 1. The van der Waals surface area contributed by atoms with Gasteiger partial charge in [0.1, 0.15) is 5.76 Å². The Morgan fingerprint density at radius 2 is 2.00 bits per heavy atom. The van der Waals surface area contributed by atoms with Crippen LogP contribution in [0.5, 0.6) is 0 Å². The summed E-state index contributed by atoms with van der Waals surface area (Å²) in [6.45, 7) is 0.927. The Morgan fingerprint density at radius 1 is 1.09 bits per heavy atom. The number of furan rings is 1. The van der Waals surface area contributed by atoms with Gasteiger partial charge in [0.2, 0.25) is 6.41 Å². The first-order valence-electron chi connectivity index (χ1n) is 10.2. The Balaban J connectivity index is 1.67. The topological polar surface area (TPSA) is 95.0 Å². The average molecular weight is 423 g/mol. The molecule has 4 rings (SSSR count). The number of hydrogen-bond acceptors (Lipinski definition) is 6. The molecule has 7 heteroatoms. The summed E-state index contributed by atoms with van der Waals surface area (Å²) in [5.41, 5.74) is 3.47. The molecule has 0 bridgehead atoms. The zero-order valence-corrected chi connectivity index (χ0v) is 17.3. The normalized spacial score (nSPS) is 10.3. The molecule has 32 heavy (non-hydrogen) atoms. The molecule has 3 aromatic heterocycles. The van der Waals surface area contributed by atoms with Crippen LogP contribution in [0.1, 0.15) is 16.9 Å². The van der Waals surface area contributed by atoms with Crippen molar-refractivity contribution in [3.8, 4) is 17.3 Å². The average Bonchev–Trinajstić information content (AvgIpc) is 3.37. The third-order valence-corrected chi connectivity index (χ3v) is 4.95. The first-order chi connectivity index (χ1) is 15.8. The Morgan fingerprint density at radius 3 is 2.75 bits per heavy atom. The third-order valence-electron chi connectivity index (χ3n) is 4.95. The van der Waals surface area contributed by atoms with Crippen LogP contribution in [0.2, 0.25) is 0 Å². The van der Waals surface area contributed by atoms with Gasteiger partial charge >= 0.3 is 0 Å². The third kappa shape index (κ3) is 4.82. The van der Waals surface area contributed by atoms with E-state index < -0.39 is 0 Å². The van der Waals surface area contributed by atoms with Crippen LogP contribution in [0, 0.1) is 11.3 Å². The highest BCUT2D eigenvalue weighted by Crippen LogP contribution is 2.30. The lowest BCUT2D eigenvalue weighted by Gasteiger charge is -2.21. The van der Waals surface area contributed by atoms with Crippen LogP contribution in [0.25, 0.3) is 11.3 Å². The molecule has 0 aliphatic carbocycles. The SMILES string of the molecule is N#Cc1ccccc1-c1ccc(N(C=O)Cc2cccnc2)c(NCCc2ccco2)n1. The molecule has 0 fully saturated rings. The van der Waals surface area contributed by atoms with Gasteiger partial charge in [-0.3, -0.25) is 9.78 Å². The van der Waals surface area contributed by atoms with Gasteiger partial charge in [0, 0.05) is 30.9 Å². The highest BCUT2D eigenvalue weighted by atomic mass is 16.3. The summed E-state index contributed by atoms with van der Waals surface area (Å²) in [4.78, 5) is 22.4. The van der Waals surface area contributed by atoms with Crippen molar-refractivity contribution < 1.29 is 9.21 Å². The molecule has 0 aliphatic rings. The van der Waals surface area contributed by atoms with E-state index in [2.05, 4.69) is 16.4 Å². The maximum absolute atomic E-state index is 12.0. The minimum Gasteiger partial charge on any atom is -0.469 e. The molecule has 1 N–H and O–H groups in total. The molecule has 3 heterocycles. The lowest BCUT2D eigenvalue weighted by Crippen LogP contribution is -2.23. The van der Waals surface area contributed by atoms with Gasteiger partial charge in [0.05, 0.1) is 35.8 Å². The molecule has 4 aromatic rings. The summed E-state index contributed by atoms with van der Waals surface area (Å²) >= 11 is 0. The largest absolute Gasteiger partial charge is 0.469 e. The van der Waals surface area contributed by atoms with Crippen LogP contribution < -0.4 is 10.2 Å². The van der Waals surface area contributed by atoms with Gasteiger partial charge < -0.3 is 14.6 Å². The van der Waals surface area contributed by atoms with Crippen molar-refractivity contribution in [2.75, 3.05) is 16.8 Å². The molecule has 1 aromatic carbocycles. The highest BCUT2D eigenvalue weighted by Gasteiger charge is 2.16. The lowest BCUT2D eigenvalue weighted by molar-refractivity contribution is -0.107. The minimum atomic E-state index is 0.361. The molecule has 0 atom stereocenters. The molecule has 0 unspecified atom stereocenters. The predicted octanol–water partition coefficient (Wildman–Crippen LogP) is 4.43. The van der Waals surface area contributed by atoms with Gasteiger partial charge in [0.15, 0.2) is 5.82 Å². The smallest absolute Gasteiger partial charge is 0.214 e. The van der Waals surface area contributed by atoms with E-state index in [0.29, 0.717) is 42.3 Å². The molecule has 0 aliphatic heterocycles. The van der Waals surface area contributed by atoms with Crippen molar-refractivity contribution in [2.24, 2.45) is 0 Å². The van der Waals surface area contributed by atoms with E-state index in [-0.39, 0.29) is 0 Å². The van der Waals surface area contributed by atoms with Crippen LogP contribution in [-0.2, 0) is 17.8 Å². The molecule has 158 valence electrons. The van der Waals surface area contributed by atoms with Gasteiger partial charge in [0.25, 0.3) is 0 Å². The summed E-state index contributed by atoms with van der Waals surface area (Å²) in [7, 11) is 0. The summed E-state index contributed by atoms with van der Waals surface area (Å²) < 4.78 is 5.40. The van der Waals surface area contributed by atoms with E-state index in [1.54, 1.807) is 29.6 Å². The van der Waals surface area contributed by atoms with Crippen LogP contribution in [0.3, 0.4) is 0 Å². The van der Waals surface area contributed by atoms with Crippen molar-refractivity contribution in [3.63, 3.8) is 0 Å². The number of anilines is 2. The van der Waals surface area contributed by atoms with Crippen molar-refractivity contribution in [1.82, 2.24) is 9.97 Å². The Labute approximate surface area is 186 Å². The number of pyridine rings is 2. The van der Waals surface area contributed by atoms with Crippen molar-refractivity contribution in [2.45, 2.75) is 13.0 Å². The number of carbonyl (C=O) groups excluding carboxylic acids is 1. The number of amides is 1. The van der Waals surface area contributed by atoms with Gasteiger partial charge in [-0.05, 0) is 42.0 Å². The highest BCUT2D eigenvalue weighted by molar-refractivity contribution is 5.83. The standard InChI is InChI=1S/C25H21N5O2/c26-15-20-6-1-2-8-22(20)23-9-10-24(30(18-31)17-19-5-3-12-27-16-19)25(29-23)28-13-11-21-7-4-14-32-21/h1-10,12,14,16,18H,11,13,17H2,(H,28,29). The first-order valence-corrected chi connectivity index (χ1v) is 10.2. The second-order valence-corrected chi connectivity index (χ2v) is 7.07. The van der Waals surface area contributed by atoms with E-state index in [9.17, 15) is 10.1 Å². The maximum Gasteiger partial charge on any atom is 0.214 e. The van der Waals surface area contributed by atoms with Gasteiger partial charge in [-0.25, -0.2) is 4.98 Å². The summed E-state index contributed by atoms with van der Waals surface area (Å²) in [5.74, 6) is 1.41. The summed E-state index contributed by atoms with van der Waals surface area (Å²) in [6, 6.07) is 20.7. The number of nitrogens with zero attached hydrogens (tertiary/aromatic N) is 4. The van der Waals surface area contributed by atoms with Crippen LogP contribution >= 0.6 is 0 Å². The van der Waals surface area contributed by atoms with Crippen LogP contribution in [-0.4, -0.2) is 22.9 Å². The van der Waals surface area contributed by atoms with Crippen LogP contribution in [0.4, 0.5) is 11.5 Å². The fourth-order valence-electron chi connectivity index (χ4n) is 3.39. The van der Waals surface area contributed by atoms with Crippen molar-refractivity contribution in [3.05, 3.63) is 96.2 Å². The zero-order chi connectivity index (χ0) is 22.2. The molecule has 0 saturated heterocycles. The molecule has 0 radical (unpaired) electrons. The van der Waals surface area contributed by atoms with E-state index in [4.69, 9.17) is 9.40 Å². The molecule has 0 saturated carbocycles. The summed E-state index contributed by atoms with van der Waals surface area (Å²) in [6.07, 6.45) is 6.51. The second kappa shape index (κ2) is 10.0. The maximum atomic E-state index is 12.0. The molecular formula is C25H21N5O2. The fraction of sp³-hybridized carbons (Fsp3) is 0.120. The summed E-state index contributed by atoms with van der Waals surface area (Å²) in [5, 5.41) is 12.8. The van der Waals surface area contributed by atoms with E-state index in [0.717, 1.165) is 23.3 Å². The Bertz CT molecular complexity index is 1220. The molecule has 1 amide bonds.